The summed E-state index contributed by atoms with van der Waals surface area (Å²) in [5.41, 5.74) is 1.21. The molecule has 1 fully saturated rings. The highest BCUT2D eigenvalue weighted by atomic mass is 19.4. The van der Waals surface area contributed by atoms with Gasteiger partial charge in [-0.1, -0.05) is 0 Å². The number of aromatic nitrogens is 1. The van der Waals surface area contributed by atoms with Gasteiger partial charge in [-0.05, 0) is 42.0 Å². The number of carbonyl (C=O) groups is 1. The maximum Gasteiger partial charge on any atom is 0.414 e. The second-order valence-corrected chi connectivity index (χ2v) is 6.90. The summed E-state index contributed by atoms with van der Waals surface area (Å²) < 4.78 is 60.4. The van der Waals surface area contributed by atoms with Gasteiger partial charge in [0.25, 0.3) is 0 Å². The van der Waals surface area contributed by atoms with E-state index in [9.17, 15) is 18.0 Å². The molecule has 1 saturated heterocycles. The van der Waals surface area contributed by atoms with Crippen molar-refractivity contribution in [1.29, 1.82) is 0 Å². The van der Waals surface area contributed by atoms with Gasteiger partial charge in [-0.2, -0.15) is 13.2 Å². The van der Waals surface area contributed by atoms with Crippen molar-refractivity contribution in [2.24, 2.45) is 0 Å². The van der Waals surface area contributed by atoms with Crippen molar-refractivity contribution in [3.63, 3.8) is 0 Å². The van der Waals surface area contributed by atoms with Crippen molar-refractivity contribution in [2.75, 3.05) is 31.8 Å². The van der Waals surface area contributed by atoms with E-state index in [-0.39, 0.29) is 25.7 Å². The van der Waals surface area contributed by atoms with Gasteiger partial charge < -0.3 is 18.9 Å². The first kappa shape index (κ1) is 22.8. The summed E-state index contributed by atoms with van der Waals surface area (Å²) in [5, 5.41) is 0. The molecule has 0 aliphatic carbocycles. The van der Waals surface area contributed by atoms with Crippen LogP contribution in [0.5, 0.6) is 5.75 Å². The Morgan fingerprint density at radius 1 is 1.19 bits per heavy atom. The van der Waals surface area contributed by atoms with Crippen molar-refractivity contribution >= 4 is 11.8 Å². The van der Waals surface area contributed by atoms with Crippen molar-refractivity contribution < 1.29 is 36.9 Å². The smallest absolute Gasteiger partial charge is 0.414 e. The van der Waals surface area contributed by atoms with Crippen molar-refractivity contribution in [1.82, 2.24) is 4.98 Å². The van der Waals surface area contributed by atoms with Crippen LogP contribution in [0.1, 0.15) is 12.0 Å². The van der Waals surface area contributed by atoms with E-state index in [4.69, 9.17) is 18.9 Å². The number of methoxy groups -OCH3 is 1. The van der Waals surface area contributed by atoms with Crippen LogP contribution < -0.4 is 9.64 Å². The monoisotopic (exact) mass is 440 g/mol. The third-order valence-corrected chi connectivity index (χ3v) is 4.59. The van der Waals surface area contributed by atoms with Crippen molar-refractivity contribution in [3.8, 4) is 5.75 Å². The highest BCUT2D eigenvalue weighted by Crippen LogP contribution is 2.28. The standard InChI is InChI=1S/C21H23F3N2O5/c1-28-14-18-12-26(20(27)31-18)16-2-4-17(5-3-16)29-11-8-19(21(22,23)24)30-13-15-6-9-25-10-7-15/h2-7,9-10,18-19H,8,11-14H2,1H3/t18-,19-/m1/s1. The number of nitrogens with zero attached hydrogens (tertiary/aromatic N) is 2. The molecule has 0 spiro atoms. The van der Waals surface area contributed by atoms with Crippen molar-refractivity contribution in [3.05, 3.63) is 54.4 Å². The lowest BCUT2D eigenvalue weighted by Crippen LogP contribution is -2.33. The molecule has 0 saturated carbocycles. The van der Waals surface area contributed by atoms with Gasteiger partial charge in [0.05, 0.1) is 26.4 Å². The highest BCUT2D eigenvalue weighted by molar-refractivity contribution is 5.89. The molecule has 2 heterocycles. The lowest BCUT2D eigenvalue weighted by molar-refractivity contribution is -0.226. The van der Waals surface area contributed by atoms with Gasteiger partial charge in [-0.25, -0.2) is 4.79 Å². The molecule has 1 aromatic heterocycles. The molecule has 2 atom stereocenters. The third kappa shape index (κ3) is 6.56. The molecule has 168 valence electrons. The maximum atomic E-state index is 13.2. The average molecular weight is 440 g/mol. The minimum Gasteiger partial charge on any atom is -0.493 e. The number of carbonyl (C=O) groups excluding carboxylic acids is 1. The van der Waals surface area contributed by atoms with E-state index in [0.717, 1.165) is 0 Å². The molecule has 1 aliphatic rings. The van der Waals surface area contributed by atoms with Crippen LogP contribution in [0.4, 0.5) is 23.7 Å². The van der Waals surface area contributed by atoms with Crippen LogP contribution in [0, 0.1) is 0 Å². The lowest BCUT2D eigenvalue weighted by atomic mass is 10.2. The van der Waals surface area contributed by atoms with Crippen LogP contribution >= 0.6 is 0 Å². The fourth-order valence-electron chi connectivity index (χ4n) is 3.03. The number of cyclic esters (lactones) is 1. The number of halogens is 3. The molecule has 1 aromatic carbocycles. The average Bonchev–Trinajstić information content (AvgIpc) is 3.11. The quantitative estimate of drug-likeness (QED) is 0.557. The summed E-state index contributed by atoms with van der Waals surface area (Å²) in [6.07, 6.45) is -4.64. The molecule has 10 heteroatoms. The number of anilines is 1. The Morgan fingerprint density at radius 2 is 1.90 bits per heavy atom. The van der Waals surface area contributed by atoms with Gasteiger partial charge >= 0.3 is 12.3 Å². The second-order valence-electron chi connectivity index (χ2n) is 6.90. The van der Waals surface area contributed by atoms with Gasteiger partial charge in [-0.15, -0.1) is 0 Å². The summed E-state index contributed by atoms with van der Waals surface area (Å²) in [4.78, 5) is 17.2. The predicted octanol–water partition coefficient (Wildman–Crippen LogP) is 3.97. The molecule has 0 radical (unpaired) electrons. The number of ether oxygens (including phenoxy) is 4. The van der Waals surface area contributed by atoms with Crippen LogP contribution in [0.2, 0.25) is 0 Å². The van der Waals surface area contributed by atoms with Gasteiger partial charge in [0.2, 0.25) is 0 Å². The molecule has 7 nitrogen and oxygen atoms in total. The Balaban J connectivity index is 1.50. The lowest BCUT2D eigenvalue weighted by Gasteiger charge is -2.21. The molecule has 1 aliphatic heterocycles. The molecule has 0 N–H and O–H groups in total. The Kier molecular flexibility index (Phi) is 7.69. The van der Waals surface area contributed by atoms with Crippen LogP contribution in [0.25, 0.3) is 0 Å². The van der Waals surface area contributed by atoms with Crippen LogP contribution in [0.3, 0.4) is 0 Å². The van der Waals surface area contributed by atoms with Gasteiger partial charge in [0.1, 0.15) is 11.9 Å². The first-order valence-corrected chi connectivity index (χ1v) is 9.64. The van der Waals surface area contributed by atoms with E-state index < -0.39 is 18.4 Å². The number of rotatable bonds is 10. The van der Waals surface area contributed by atoms with E-state index in [1.807, 2.05) is 0 Å². The number of amides is 1. The summed E-state index contributed by atoms with van der Waals surface area (Å²) >= 11 is 0. The van der Waals surface area contributed by atoms with Crippen LogP contribution in [0.15, 0.2) is 48.8 Å². The SMILES string of the molecule is COC[C@H]1CN(c2ccc(OCC[C@@H](OCc3ccncc3)C(F)(F)F)cc2)C(=O)O1. The largest absolute Gasteiger partial charge is 0.493 e. The van der Waals surface area contributed by atoms with Crippen LogP contribution in [-0.4, -0.2) is 56.3 Å². The van der Waals surface area contributed by atoms with E-state index in [1.54, 1.807) is 36.4 Å². The van der Waals surface area contributed by atoms with Gasteiger partial charge in [-0.3, -0.25) is 9.88 Å². The summed E-state index contributed by atoms with van der Waals surface area (Å²) in [5.74, 6) is 0.389. The van der Waals surface area contributed by atoms with Crippen LogP contribution in [-0.2, 0) is 20.8 Å². The number of hydrogen-bond donors (Lipinski definition) is 0. The minimum absolute atomic E-state index is 0.169. The summed E-state index contributed by atoms with van der Waals surface area (Å²) in [7, 11) is 1.52. The molecule has 2 aromatic rings. The topological polar surface area (TPSA) is 70.1 Å². The molecule has 3 rings (SSSR count). The minimum atomic E-state index is -4.50. The number of pyridine rings is 1. The fraction of sp³-hybridized carbons (Fsp3) is 0.429. The van der Waals surface area contributed by atoms with Gasteiger partial charge in [0, 0.05) is 31.6 Å². The first-order chi connectivity index (χ1) is 14.9. The van der Waals surface area contributed by atoms with E-state index >= 15 is 0 Å². The Bertz CT molecular complexity index is 833. The van der Waals surface area contributed by atoms with Crippen molar-refractivity contribution in [2.45, 2.75) is 31.4 Å². The molecule has 0 bridgehead atoms. The maximum absolute atomic E-state index is 13.2. The number of hydrogen-bond acceptors (Lipinski definition) is 6. The third-order valence-electron chi connectivity index (χ3n) is 4.59. The normalized spacial score (nSPS) is 17.5. The second kappa shape index (κ2) is 10.5. The summed E-state index contributed by atoms with van der Waals surface area (Å²) in [6, 6.07) is 9.66. The Labute approximate surface area is 177 Å². The zero-order chi connectivity index (χ0) is 22.3. The van der Waals surface area contributed by atoms with Gasteiger partial charge in [0.15, 0.2) is 6.10 Å². The highest BCUT2D eigenvalue weighted by Gasteiger charge is 2.40. The van der Waals surface area contributed by atoms with E-state index in [0.29, 0.717) is 30.2 Å². The van der Waals surface area contributed by atoms with E-state index in [2.05, 4.69) is 4.98 Å². The predicted molar refractivity (Wildman–Crippen MR) is 105 cm³/mol. The molecule has 31 heavy (non-hydrogen) atoms. The Hall–Kier alpha value is -2.85. The fourth-order valence-corrected chi connectivity index (χ4v) is 3.03. The molecule has 0 unspecified atom stereocenters. The zero-order valence-electron chi connectivity index (χ0n) is 16.9. The molecular weight excluding hydrogens is 417 g/mol. The number of alkyl halides is 3. The summed E-state index contributed by atoms with van der Waals surface area (Å²) in [6.45, 7) is 0.306. The zero-order valence-corrected chi connectivity index (χ0v) is 16.9. The molecular formula is C21H23F3N2O5. The Morgan fingerprint density at radius 3 is 2.55 bits per heavy atom. The first-order valence-electron chi connectivity index (χ1n) is 9.64. The number of benzene rings is 1. The van der Waals surface area contributed by atoms with E-state index in [1.165, 1.54) is 24.4 Å². The molecule has 1 amide bonds.